The molecule has 98 valence electrons. The standard InChI is InChI=1S/C11H19NO4S/c1-17(16)6-2-5-12-10(13)8-3-4-9(7-8)11(14)15/h8-9H,2-7H2,1H3,(H,12,13)(H,14,15)/t8-,9+,17?/m1/s1. The van der Waals surface area contributed by atoms with Crippen LogP contribution in [0.2, 0.25) is 0 Å². The Morgan fingerprint density at radius 2 is 2.00 bits per heavy atom. The average molecular weight is 261 g/mol. The minimum absolute atomic E-state index is 0.0596. The van der Waals surface area contributed by atoms with Crippen LogP contribution >= 0.6 is 0 Å². The summed E-state index contributed by atoms with van der Waals surface area (Å²) in [5.74, 6) is -0.808. The molecule has 0 aromatic heterocycles. The smallest absolute Gasteiger partial charge is 0.306 e. The Hall–Kier alpha value is -0.910. The minimum Gasteiger partial charge on any atom is -0.481 e. The van der Waals surface area contributed by atoms with E-state index in [0.29, 0.717) is 38.0 Å². The SMILES string of the molecule is CS(=O)CCCNC(=O)[C@@H]1CC[C@H](C(=O)O)C1. The normalized spacial score (nSPS) is 25.5. The molecule has 1 amide bonds. The molecule has 1 unspecified atom stereocenters. The van der Waals surface area contributed by atoms with E-state index in [1.54, 1.807) is 6.26 Å². The van der Waals surface area contributed by atoms with Crippen LogP contribution in [-0.4, -0.2) is 39.7 Å². The maximum Gasteiger partial charge on any atom is 0.306 e. The van der Waals surface area contributed by atoms with Crippen LogP contribution in [0.1, 0.15) is 25.7 Å². The predicted molar refractivity (Wildman–Crippen MR) is 65.0 cm³/mol. The van der Waals surface area contributed by atoms with Gasteiger partial charge in [0.1, 0.15) is 0 Å². The molecular weight excluding hydrogens is 242 g/mol. The van der Waals surface area contributed by atoms with Crippen LogP contribution in [0.3, 0.4) is 0 Å². The van der Waals surface area contributed by atoms with Gasteiger partial charge in [-0.1, -0.05) is 0 Å². The molecule has 1 rings (SSSR count). The maximum atomic E-state index is 11.7. The zero-order valence-electron chi connectivity index (χ0n) is 9.98. The van der Waals surface area contributed by atoms with Crippen molar-refractivity contribution in [3.63, 3.8) is 0 Å². The second-order valence-electron chi connectivity index (χ2n) is 4.47. The Labute approximate surface area is 103 Å². The Balaban J connectivity index is 2.21. The molecule has 0 aromatic rings. The van der Waals surface area contributed by atoms with Crippen LogP contribution in [0.25, 0.3) is 0 Å². The van der Waals surface area contributed by atoms with E-state index in [9.17, 15) is 13.8 Å². The van der Waals surface area contributed by atoms with E-state index in [0.717, 1.165) is 0 Å². The van der Waals surface area contributed by atoms with Gasteiger partial charge in [0.05, 0.1) is 5.92 Å². The van der Waals surface area contributed by atoms with Crippen molar-refractivity contribution in [2.75, 3.05) is 18.6 Å². The molecule has 1 fully saturated rings. The summed E-state index contributed by atoms with van der Waals surface area (Å²) in [6, 6.07) is 0. The molecule has 17 heavy (non-hydrogen) atoms. The fourth-order valence-electron chi connectivity index (χ4n) is 2.08. The Morgan fingerprint density at radius 1 is 1.35 bits per heavy atom. The van der Waals surface area contributed by atoms with E-state index in [1.807, 2.05) is 0 Å². The van der Waals surface area contributed by atoms with Gasteiger partial charge in [-0.25, -0.2) is 0 Å². The van der Waals surface area contributed by atoms with Gasteiger partial charge in [-0.05, 0) is 25.7 Å². The van der Waals surface area contributed by atoms with E-state index in [-0.39, 0.29) is 17.7 Å². The fourth-order valence-corrected chi connectivity index (χ4v) is 2.63. The number of nitrogens with one attached hydrogen (secondary N) is 1. The molecule has 0 aromatic carbocycles. The zero-order valence-corrected chi connectivity index (χ0v) is 10.8. The molecule has 0 spiro atoms. The number of hydrogen-bond donors (Lipinski definition) is 2. The van der Waals surface area contributed by atoms with E-state index in [4.69, 9.17) is 5.11 Å². The number of carbonyl (C=O) groups excluding carboxylic acids is 1. The number of amides is 1. The lowest BCUT2D eigenvalue weighted by atomic mass is 10.0. The molecule has 0 heterocycles. The lowest BCUT2D eigenvalue weighted by Gasteiger charge is -2.10. The van der Waals surface area contributed by atoms with Gasteiger partial charge < -0.3 is 10.4 Å². The Bertz CT molecular complexity index is 319. The number of rotatable bonds is 6. The number of hydrogen-bond acceptors (Lipinski definition) is 3. The molecule has 3 atom stereocenters. The highest BCUT2D eigenvalue weighted by molar-refractivity contribution is 7.84. The third-order valence-electron chi connectivity index (χ3n) is 3.06. The highest BCUT2D eigenvalue weighted by Gasteiger charge is 2.33. The fraction of sp³-hybridized carbons (Fsp3) is 0.818. The van der Waals surface area contributed by atoms with Gasteiger partial charge in [-0.3, -0.25) is 13.8 Å². The van der Waals surface area contributed by atoms with E-state index < -0.39 is 16.8 Å². The third-order valence-corrected chi connectivity index (χ3v) is 3.92. The van der Waals surface area contributed by atoms with Crippen LogP contribution < -0.4 is 5.32 Å². The summed E-state index contributed by atoms with van der Waals surface area (Å²) >= 11 is 0. The van der Waals surface area contributed by atoms with Crippen molar-refractivity contribution in [2.24, 2.45) is 11.8 Å². The number of carbonyl (C=O) groups is 2. The predicted octanol–water partition coefficient (Wildman–Crippen LogP) is 0.372. The lowest BCUT2D eigenvalue weighted by molar-refractivity contribution is -0.141. The molecule has 1 aliphatic carbocycles. The molecule has 1 saturated carbocycles. The molecule has 5 nitrogen and oxygen atoms in total. The van der Waals surface area contributed by atoms with Crippen LogP contribution in [0.15, 0.2) is 0 Å². The second-order valence-corrected chi connectivity index (χ2v) is 6.02. The van der Waals surface area contributed by atoms with E-state index in [2.05, 4.69) is 5.32 Å². The summed E-state index contributed by atoms with van der Waals surface area (Å²) in [6.45, 7) is 0.520. The van der Waals surface area contributed by atoms with Crippen LogP contribution in [-0.2, 0) is 20.4 Å². The van der Waals surface area contributed by atoms with Crippen LogP contribution in [0.5, 0.6) is 0 Å². The summed E-state index contributed by atoms with van der Waals surface area (Å²) < 4.78 is 10.8. The number of aliphatic carboxylic acids is 1. The second kappa shape index (κ2) is 6.74. The lowest BCUT2D eigenvalue weighted by Crippen LogP contribution is -2.31. The first-order chi connectivity index (χ1) is 8.00. The molecule has 1 aliphatic rings. The summed E-state index contributed by atoms with van der Waals surface area (Å²) in [4.78, 5) is 22.4. The highest BCUT2D eigenvalue weighted by atomic mass is 32.2. The van der Waals surface area contributed by atoms with Gasteiger partial charge in [0.2, 0.25) is 5.91 Å². The minimum atomic E-state index is -0.823. The molecule has 0 saturated heterocycles. The first-order valence-corrected chi connectivity index (χ1v) is 7.54. The Morgan fingerprint density at radius 3 is 2.53 bits per heavy atom. The molecular formula is C11H19NO4S. The summed E-state index contributed by atoms with van der Waals surface area (Å²) in [5.41, 5.74) is 0. The van der Waals surface area contributed by atoms with Crippen molar-refractivity contribution < 1.29 is 18.9 Å². The van der Waals surface area contributed by atoms with Gasteiger partial charge in [0.25, 0.3) is 0 Å². The number of carboxylic acids is 1. The van der Waals surface area contributed by atoms with Crippen LogP contribution in [0.4, 0.5) is 0 Å². The Kier molecular flexibility index (Phi) is 5.61. The summed E-state index contributed by atoms with van der Waals surface area (Å²) in [7, 11) is -0.823. The zero-order chi connectivity index (χ0) is 12.8. The molecule has 0 radical (unpaired) electrons. The third kappa shape index (κ3) is 4.85. The molecule has 0 bridgehead atoms. The van der Waals surface area contributed by atoms with Gasteiger partial charge in [0, 0.05) is 35.3 Å². The van der Waals surface area contributed by atoms with E-state index in [1.165, 1.54) is 0 Å². The van der Waals surface area contributed by atoms with Gasteiger partial charge in [-0.2, -0.15) is 0 Å². The first-order valence-electron chi connectivity index (χ1n) is 5.81. The monoisotopic (exact) mass is 261 g/mol. The molecule has 6 heteroatoms. The largest absolute Gasteiger partial charge is 0.481 e. The quantitative estimate of drug-likeness (QED) is 0.677. The maximum absolute atomic E-state index is 11.7. The van der Waals surface area contributed by atoms with Crippen molar-refractivity contribution in [3.05, 3.63) is 0 Å². The van der Waals surface area contributed by atoms with Gasteiger partial charge >= 0.3 is 5.97 Å². The average Bonchev–Trinajstić information content (AvgIpc) is 2.73. The van der Waals surface area contributed by atoms with Crippen molar-refractivity contribution in [1.82, 2.24) is 5.32 Å². The van der Waals surface area contributed by atoms with Crippen molar-refractivity contribution in [2.45, 2.75) is 25.7 Å². The highest BCUT2D eigenvalue weighted by Crippen LogP contribution is 2.30. The topological polar surface area (TPSA) is 83.5 Å². The van der Waals surface area contributed by atoms with E-state index >= 15 is 0 Å². The summed E-state index contributed by atoms with van der Waals surface area (Å²) in [6.07, 6.45) is 4.02. The van der Waals surface area contributed by atoms with Gasteiger partial charge in [-0.15, -0.1) is 0 Å². The van der Waals surface area contributed by atoms with Gasteiger partial charge in [0.15, 0.2) is 0 Å². The molecule has 0 aliphatic heterocycles. The number of carboxylic acid groups (broad SMARTS) is 1. The summed E-state index contributed by atoms with van der Waals surface area (Å²) in [5, 5.41) is 11.6. The van der Waals surface area contributed by atoms with Crippen LogP contribution in [0, 0.1) is 11.8 Å². The van der Waals surface area contributed by atoms with Crippen molar-refractivity contribution in [3.8, 4) is 0 Å². The van der Waals surface area contributed by atoms with Crippen molar-refractivity contribution >= 4 is 22.7 Å². The first kappa shape index (κ1) is 14.2. The molecule has 2 N–H and O–H groups in total. The van der Waals surface area contributed by atoms with Crippen molar-refractivity contribution in [1.29, 1.82) is 0 Å².